The highest BCUT2D eigenvalue weighted by Crippen LogP contribution is 2.33. The molecule has 2 aliphatic rings. The van der Waals surface area contributed by atoms with Crippen LogP contribution >= 0.6 is 0 Å². The van der Waals surface area contributed by atoms with Crippen LogP contribution in [0.15, 0.2) is 18.2 Å². The number of fused-ring (bicyclic) bond motifs is 3. The molecule has 1 fully saturated rings. The molecule has 5 nitrogen and oxygen atoms in total. The molecule has 0 radical (unpaired) electrons. The third-order valence-electron chi connectivity index (χ3n) is 3.96. The smallest absolute Gasteiger partial charge is 0.407 e. The zero-order valence-electron chi connectivity index (χ0n) is 10.2. The molecule has 2 heterocycles. The normalized spacial score (nSPS) is 23.3. The summed E-state index contributed by atoms with van der Waals surface area (Å²) >= 11 is 0. The van der Waals surface area contributed by atoms with Crippen LogP contribution in [0.5, 0.6) is 0 Å². The molecule has 0 unspecified atom stereocenters. The number of amides is 1. The fourth-order valence-corrected chi connectivity index (χ4v) is 2.99. The first-order chi connectivity index (χ1) is 8.65. The van der Waals surface area contributed by atoms with Gasteiger partial charge in [-0.3, -0.25) is 4.90 Å². The van der Waals surface area contributed by atoms with Crippen LogP contribution in [0, 0.1) is 0 Å². The highest BCUT2D eigenvalue weighted by Gasteiger charge is 2.34. The van der Waals surface area contributed by atoms with E-state index in [4.69, 9.17) is 10.8 Å². The summed E-state index contributed by atoms with van der Waals surface area (Å²) in [6.07, 6.45) is 0.182. The van der Waals surface area contributed by atoms with Crippen molar-refractivity contribution in [2.24, 2.45) is 0 Å². The van der Waals surface area contributed by atoms with Crippen molar-refractivity contribution in [3.8, 4) is 0 Å². The Morgan fingerprint density at radius 2 is 2.17 bits per heavy atom. The molecule has 0 spiro atoms. The number of nitrogen functional groups attached to an aromatic ring is 1. The minimum absolute atomic E-state index is 0.194. The van der Waals surface area contributed by atoms with E-state index in [0.717, 1.165) is 25.2 Å². The van der Waals surface area contributed by atoms with Crippen LogP contribution in [0.25, 0.3) is 0 Å². The molecule has 1 aromatic carbocycles. The Morgan fingerprint density at radius 3 is 2.94 bits per heavy atom. The van der Waals surface area contributed by atoms with Gasteiger partial charge in [-0.05, 0) is 29.7 Å². The summed E-state index contributed by atoms with van der Waals surface area (Å²) in [5, 5.41) is 9.11. The Bertz CT molecular complexity index is 489. The number of hydrogen-bond donors (Lipinski definition) is 2. The molecule has 3 rings (SSSR count). The van der Waals surface area contributed by atoms with Crippen molar-refractivity contribution in [3.05, 3.63) is 29.3 Å². The molecule has 96 valence electrons. The molecule has 0 saturated carbocycles. The second-order valence-corrected chi connectivity index (χ2v) is 4.99. The Kier molecular flexibility index (Phi) is 2.63. The van der Waals surface area contributed by atoms with E-state index in [1.54, 1.807) is 0 Å². The monoisotopic (exact) mass is 247 g/mol. The maximum absolute atomic E-state index is 11.1. The third kappa shape index (κ3) is 1.80. The van der Waals surface area contributed by atoms with E-state index < -0.39 is 6.09 Å². The fraction of sp³-hybridized carbons (Fsp3) is 0.462. The van der Waals surface area contributed by atoms with Gasteiger partial charge in [0.25, 0.3) is 0 Å². The van der Waals surface area contributed by atoms with E-state index in [1.807, 2.05) is 18.2 Å². The first-order valence-corrected chi connectivity index (χ1v) is 6.25. The summed E-state index contributed by atoms with van der Waals surface area (Å²) in [4.78, 5) is 15.0. The molecule has 0 aliphatic carbocycles. The Labute approximate surface area is 106 Å². The average molecular weight is 247 g/mol. The van der Waals surface area contributed by atoms with Crippen molar-refractivity contribution in [1.82, 2.24) is 9.80 Å². The molecule has 18 heavy (non-hydrogen) atoms. The van der Waals surface area contributed by atoms with Gasteiger partial charge in [0.1, 0.15) is 0 Å². The molecule has 2 aliphatic heterocycles. The predicted octanol–water partition coefficient (Wildman–Crippen LogP) is 1.16. The summed E-state index contributed by atoms with van der Waals surface area (Å²) in [7, 11) is 0. The largest absolute Gasteiger partial charge is 0.465 e. The van der Waals surface area contributed by atoms with Crippen molar-refractivity contribution in [2.45, 2.75) is 12.5 Å². The lowest BCUT2D eigenvalue weighted by Gasteiger charge is -2.44. The molecule has 0 bridgehead atoms. The third-order valence-corrected chi connectivity index (χ3v) is 3.96. The standard InChI is InChI=1S/C13H17N3O2/c14-10-1-2-11-9(7-10)3-4-15-5-6-16(13(17)18)8-12(11)15/h1-2,7,12H,3-6,8,14H2,(H,17,18)/t12-/m1/s1. The number of nitrogens with zero attached hydrogens (tertiary/aromatic N) is 2. The highest BCUT2D eigenvalue weighted by molar-refractivity contribution is 5.65. The van der Waals surface area contributed by atoms with Crippen LogP contribution in [-0.2, 0) is 6.42 Å². The molecule has 1 amide bonds. The second kappa shape index (κ2) is 4.17. The lowest BCUT2D eigenvalue weighted by molar-refractivity contribution is 0.0634. The van der Waals surface area contributed by atoms with Crippen LogP contribution < -0.4 is 5.73 Å². The maximum Gasteiger partial charge on any atom is 0.407 e. The van der Waals surface area contributed by atoms with Crippen molar-refractivity contribution in [2.75, 3.05) is 31.9 Å². The number of carbonyl (C=O) groups is 1. The van der Waals surface area contributed by atoms with Gasteiger partial charge in [-0.25, -0.2) is 4.79 Å². The lowest BCUT2D eigenvalue weighted by Crippen LogP contribution is -2.52. The van der Waals surface area contributed by atoms with Crippen molar-refractivity contribution in [1.29, 1.82) is 0 Å². The van der Waals surface area contributed by atoms with Crippen molar-refractivity contribution < 1.29 is 9.90 Å². The molecule has 1 atom stereocenters. The quantitative estimate of drug-likeness (QED) is 0.675. The number of nitrogens with two attached hydrogens (primary N) is 1. The zero-order chi connectivity index (χ0) is 12.7. The summed E-state index contributed by atoms with van der Waals surface area (Å²) in [5.41, 5.74) is 9.10. The maximum atomic E-state index is 11.1. The molecule has 5 heteroatoms. The SMILES string of the molecule is Nc1ccc2c(c1)CCN1CCN(C(=O)O)C[C@H]21. The minimum Gasteiger partial charge on any atom is -0.465 e. The van der Waals surface area contributed by atoms with Gasteiger partial charge in [-0.15, -0.1) is 0 Å². The number of carboxylic acid groups (broad SMARTS) is 1. The van der Waals surface area contributed by atoms with Gasteiger partial charge < -0.3 is 15.7 Å². The first kappa shape index (κ1) is 11.3. The highest BCUT2D eigenvalue weighted by atomic mass is 16.4. The first-order valence-electron chi connectivity index (χ1n) is 6.25. The van der Waals surface area contributed by atoms with Gasteiger partial charge >= 0.3 is 6.09 Å². The predicted molar refractivity (Wildman–Crippen MR) is 68.5 cm³/mol. The van der Waals surface area contributed by atoms with Gasteiger partial charge in [-0.2, -0.15) is 0 Å². The minimum atomic E-state index is -0.822. The van der Waals surface area contributed by atoms with Crippen molar-refractivity contribution >= 4 is 11.8 Å². The summed E-state index contributed by atoms with van der Waals surface area (Å²) in [5.74, 6) is 0. The van der Waals surface area contributed by atoms with E-state index in [2.05, 4.69) is 4.90 Å². The lowest BCUT2D eigenvalue weighted by atomic mass is 9.90. The van der Waals surface area contributed by atoms with Gasteiger partial charge in [-0.1, -0.05) is 6.07 Å². The van der Waals surface area contributed by atoms with Gasteiger partial charge in [0.05, 0.1) is 6.04 Å². The van der Waals surface area contributed by atoms with E-state index in [-0.39, 0.29) is 6.04 Å². The Hall–Kier alpha value is -1.75. The molecule has 1 saturated heterocycles. The van der Waals surface area contributed by atoms with Crippen LogP contribution in [0.3, 0.4) is 0 Å². The molecule has 1 aromatic rings. The van der Waals surface area contributed by atoms with Gasteiger partial charge in [0.2, 0.25) is 0 Å². The fourth-order valence-electron chi connectivity index (χ4n) is 2.99. The zero-order valence-corrected chi connectivity index (χ0v) is 10.2. The number of piperazine rings is 1. The summed E-state index contributed by atoms with van der Waals surface area (Å²) in [6.45, 7) is 2.98. The number of hydrogen-bond acceptors (Lipinski definition) is 3. The number of rotatable bonds is 0. The van der Waals surface area contributed by atoms with E-state index >= 15 is 0 Å². The summed E-state index contributed by atoms with van der Waals surface area (Å²) in [6, 6.07) is 6.17. The number of anilines is 1. The Morgan fingerprint density at radius 1 is 1.33 bits per heavy atom. The molecular weight excluding hydrogens is 230 g/mol. The second-order valence-electron chi connectivity index (χ2n) is 4.99. The van der Waals surface area contributed by atoms with Crippen molar-refractivity contribution in [3.63, 3.8) is 0 Å². The molecular formula is C13H17N3O2. The van der Waals surface area contributed by atoms with Crippen LogP contribution in [0.1, 0.15) is 17.2 Å². The Balaban J connectivity index is 1.92. The van der Waals surface area contributed by atoms with Gasteiger partial charge in [0, 0.05) is 31.9 Å². The van der Waals surface area contributed by atoms with Crippen LogP contribution in [0.4, 0.5) is 10.5 Å². The van der Waals surface area contributed by atoms with E-state index in [1.165, 1.54) is 16.0 Å². The average Bonchev–Trinajstić information content (AvgIpc) is 2.37. The topological polar surface area (TPSA) is 69.8 Å². The number of benzene rings is 1. The van der Waals surface area contributed by atoms with E-state index in [9.17, 15) is 4.79 Å². The van der Waals surface area contributed by atoms with Crippen LogP contribution in [0.2, 0.25) is 0 Å². The summed E-state index contributed by atoms with van der Waals surface area (Å²) < 4.78 is 0. The van der Waals surface area contributed by atoms with Crippen LogP contribution in [-0.4, -0.2) is 47.2 Å². The molecule has 3 N–H and O–H groups in total. The molecule has 0 aromatic heterocycles. The van der Waals surface area contributed by atoms with Gasteiger partial charge in [0.15, 0.2) is 0 Å². The van der Waals surface area contributed by atoms with E-state index in [0.29, 0.717) is 13.1 Å².